The van der Waals surface area contributed by atoms with Crippen LogP contribution in [-0.2, 0) is 9.53 Å². The van der Waals surface area contributed by atoms with Crippen molar-refractivity contribution in [1.82, 2.24) is 16.0 Å². The predicted molar refractivity (Wildman–Crippen MR) is 57.9 cm³/mol. The summed E-state index contributed by atoms with van der Waals surface area (Å²) in [4.78, 5) is 11.3. The second-order valence-corrected chi connectivity index (χ2v) is 4.42. The van der Waals surface area contributed by atoms with Gasteiger partial charge in [-0.2, -0.15) is 0 Å². The normalized spacial score (nSPS) is 15.3. The van der Waals surface area contributed by atoms with Crippen molar-refractivity contribution >= 4 is 5.97 Å². The van der Waals surface area contributed by atoms with Crippen molar-refractivity contribution in [2.75, 3.05) is 19.8 Å². The van der Waals surface area contributed by atoms with Gasteiger partial charge in [-0.25, -0.2) is 0 Å². The molecular weight excluding hydrogens is 194 g/mol. The third-order valence-electron chi connectivity index (χ3n) is 1.70. The summed E-state index contributed by atoms with van der Waals surface area (Å²) in [5.74, 6) is -0.228. The molecule has 0 saturated carbocycles. The fourth-order valence-electron chi connectivity index (χ4n) is 1.18. The summed E-state index contributed by atoms with van der Waals surface area (Å²) in [5, 5.41) is 9.14. The van der Waals surface area contributed by atoms with E-state index in [9.17, 15) is 4.79 Å². The summed E-state index contributed by atoms with van der Waals surface area (Å²) in [6.07, 6.45) is 1.89. The first-order valence-corrected chi connectivity index (χ1v) is 5.06. The average Bonchev–Trinajstić information content (AvgIpc) is 2.53. The number of carbonyl (C=O) groups excluding carboxylic acids is 1. The van der Waals surface area contributed by atoms with Gasteiger partial charge in [-0.3, -0.25) is 4.79 Å². The molecule has 0 saturated heterocycles. The van der Waals surface area contributed by atoms with Gasteiger partial charge in [0, 0.05) is 18.4 Å². The van der Waals surface area contributed by atoms with Crippen LogP contribution in [-0.4, -0.2) is 31.3 Å². The SMILES string of the molecule is CC(C)(C)OC(=O)CNCC1=CNCN1. The van der Waals surface area contributed by atoms with E-state index in [1.54, 1.807) is 0 Å². The van der Waals surface area contributed by atoms with Gasteiger partial charge in [-0.05, 0) is 20.8 Å². The highest BCUT2D eigenvalue weighted by Gasteiger charge is 2.15. The molecule has 86 valence electrons. The molecular formula is C10H19N3O2. The maximum Gasteiger partial charge on any atom is 0.320 e. The van der Waals surface area contributed by atoms with Gasteiger partial charge in [0.05, 0.1) is 13.2 Å². The zero-order valence-electron chi connectivity index (χ0n) is 9.52. The standard InChI is InChI=1S/C10H19N3O2/c1-10(2,3)15-9(14)6-11-4-8-5-12-7-13-8/h5,11-13H,4,6-7H2,1-3H3. The minimum Gasteiger partial charge on any atom is -0.459 e. The molecule has 0 spiro atoms. The van der Waals surface area contributed by atoms with Crippen LogP contribution >= 0.6 is 0 Å². The monoisotopic (exact) mass is 213 g/mol. The summed E-state index contributed by atoms with van der Waals surface area (Å²) >= 11 is 0. The number of esters is 1. The molecule has 3 N–H and O–H groups in total. The van der Waals surface area contributed by atoms with Crippen LogP contribution in [0.3, 0.4) is 0 Å². The van der Waals surface area contributed by atoms with E-state index >= 15 is 0 Å². The molecule has 0 radical (unpaired) electrons. The summed E-state index contributed by atoms with van der Waals surface area (Å²) in [7, 11) is 0. The number of rotatable bonds is 4. The third-order valence-corrected chi connectivity index (χ3v) is 1.70. The molecule has 0 amide bonds. The maximum atomic E-state index is 11.3. The van der Waals surface area contributed by atoms with Crippen LogP contribution in [0.4, 0.5) is 0 Å². The largest absolute Gasteiger partial charge is 0.459 e. The second kappa shape index (κ2) is 5.02. The lowest BCUT2D eigenvalue weighted by molar-refractivity contribution is -0.153. The molecule has 0 aliphatic carbocycles. The van der Waals surface area contributed by atoms with Gasteiger partial charge in [0.1, 0.15) is 5.60 Å². The maximum absolute atomic E-state index is 11.3. The van der Waals surface area contributed by atoms with Gasteiger partial charge in [0.2, 0.25) is 0 Å². The van der Waals surface area contributed by atoms with Gasteiger partial charge in [-0.15, -0.1) is 0 Å². The van der Waals surface area contributed by atoms with Crippen LogP contribution in [0.25, 0.3) is 0 Å². The van der Waals surface area contributed by atoms with Gasteiger partial charge >= 0.3 is 5.97 Å². The molecule has 0 fully saturated rings. The van der Waals surface area contributed by atoms with Gasteiger partial charge in [-0.1, -0.05) is 0 Å². The number of hydrogen-bond donors (Lipinski definition) is 3. The lowest BCUT2D eigenvalue weighted by atomic mass is 10.2. The zero-order valence-corrected chi connectivity index (χ0v) is 9.52. The first-order valence-electron chi connectivity index (χ1n) is 5.06. The number of ether oxygens (including phenoxy) is 1. The summed E-state index contributed by atoms with van der Waals surface area (Å²) in [6, 6.07) is 0. The van der Waals surface area contributed by atoms with E-state index in [0.717, 1.165) is 12.4 Å². The Morgan fingerprint density at radius 2 is 2.33 bits per heavy atom. The molecule has 5 nitrogen and oxygen atoms in total. The Kier molecular flexibility index (Phi) is 3.96. The lowest BCUT2D eigenvalue weighted by Crippen LogP contribution is -2.33. The van der Waals surface area contributed by atoms with Crippen molar-refractivity contribution in [2.45, 2.75) is 26.4 Å². The third kappa shape index (κ3) is 5.27. The van der Waals surface area contributed by atoms with E-state index in [2.05, 4.69) is 16.0 Å². The Hall–Kier alpha value is -1.23. The number of nitrogens with one attached hydrogen (secondary N) is 3. The molecule has 0 unspecified atom stereocenters. The Morgan fingerprint density at radius 1 is 1.60 bits per heavy atom. The first kappa shape index (κ1) is 11.8. The molecule has 1 heterocycles. The van der Waals surface area contributed by atoms with E-state index in [1.807, 2.05) is 27.0 Å². The van der Waals surface area contributed by atoms with E-state index in [4.69, 9.17) is 4.74 Å². The van der Waals surface area contributed by atoms with Crippen molar-refractivity contribution in [2.24, 2.45) is 0 Å². The highest BCUT2D eigenvalue weighted by molar-refractivity contribution is 5.72. The van der Waals surface area contributed by atoms with Crippen molar-refractivity contribution < 1.29 is 9.53 Å². The fourth-order valence-corrected chi connectivity index (χ4v) is 1.18. The topological polar surface area (TPSA) is 62.4 Å². The Bertz CT molecular complexity index is 256. The predicted octanol–water partition coefficient (Wildman–Crippen LogP) is -0.0906. The number of carbonyl (C=O) groups is 1. The molecule has 0 aromatic heterocycles. The summed E-state index contributed by atoms with van der Waals surface area (Å²) in [5.41, 5.74) is 0.643. The van der Waals surface area contributed by atoms with E-state index < -0.39 is 5.60 Å². The highest BCUT2D eigenvalue weighted by atomic mass is 16.6. The fraction of sp³-hybridized carbons (Fsp3) is 0.700. The molecule has 1 rings (SSSR count). The molecule has 1 aliphatic heterocycles. The molecule has 1 aliphatic rings. The van der Waals surface area contributed by atoms with Gasteiger partial charge < -0.3 is 20.7 Å². The van der Waals surface area contributed by atoms with Crippen LogP contribution in [0.5, 0.6) is 0 Å². The van der Waals surface area contributed by atoms with Crippen molar-refractivity contribution in [3.05, 3.63) is 11.9 Å². The molecule has 0 atom stereocenters. The summed E-state index contributed by atoms with van der Waals surface area (Å²) in [6.45, 7) is 7.20. The minimum atomic E-state index is -0.412. The quantitative estimate of drug-likeness (QED) is 0.570. The molecule has 5 heteroatoms. The first-order chi connectivity index (χ1) is 6.97. The summed E-state index contributed by atoms with van der Waals surface area (Å²) < 4.78 is 5.15. The van der Waals surface area contributed by atoms with Crippen LogP contribution in [0.15, 0.2) is 11.9 Å². The Balaban J connectivity index is 2.12. The van der Waals surface area contributed by atoms with E-state index in [1.165, 1.54) is 0 Å². The van der Waals surface area contributed by atoms with Gasteiger partial charge in [0.15, 0.2) is 0 Å². The van der Waals surface area contributed by atoms with Crippen LogP contribution < -0.4 is 16.0 Å². The van der Waals surface area contributed by atoms with Crippen LogP contribution in [0.1, 0.15) is 20.8 Å². The second-order valence-electron chi connectivity index (χ2n) is 4.42. The zero-order chi connectivity index (χ0) is 11.3. The van der Waals surface area contributed by atoms with Crippen LogP contribution in [0.2, 0.25) is 0 Å². The molecule has 0 bridgehead atoms. The lowest BCUT2D eigenvalue weighted by Gasteiger charge is -2.19. The average molecular weight is 213 g/mol. The van der Waals surface area contributed by atoms with Crippen molar-refractivity contribution in [3.63, 3.8) is 0 Å². The minimum absolute atomic E-state index is 0.228. The van der Waals surface area contributed by atoms with Gasteiger partial charge in [0.25, 0.3) is 0 Å². The van der Waals surface area contributed by atoms with E-state index in [-0.39, 0.29) is 12.5 Å². The Morgan fingerprint density at radius 3 is 2.87 bits per heavy atom. The van der Waals surface area contributed by atoms with Crippen molar-refractivity contribution in [3.8, 4) is 0 Å². The highest BCUT2D eigenvalue weighted by Crippen LogP contribution is 2.06. The molecule has 15 heavy (non-hydrogen) atoms. The smallest absolute Gasteiger partial charge is 0.320 e. The number of hydrogen-bond acceptors (Lipinski definition) is 5. The molecule has 0 aromatic rings. The van der Waals surface area contributed by atoms with E-state index in [0.29, 0.717) is 6.54 Å². The van der Waals surface area contributed by atoms with Crippen LogP contribution in [0, 0.1) is 0 Å². The van der Waals surface area contributed by atoms with Crippen molar-refractivity contribution in [1.29, 1.82) is 0 Å². The Labute approximate surface area is 90.3 Å². The molecule has 0 aromatic carbocycles.